The van der Waals surface area contributed by atoms with Gasteiger partial charge < -0.3 is 24.8 Å². The summed E-state index contributed by atoms with van der Waals surface area (Å²) in [6, 6.07) is 9.78. The van der Waals surface area contributed by atoms with Crippen LogP contribution in [-0.4, -0.2) is 38.8 Å². The van der Waals surface area contributed by atoms with Crippen LogP contribution in [0, 0.1) is 10.1 Å². The summed E-state index contributed by atoms with van der Waals surface area (Å²) in [6.07, 6.45) is 1.71. The molecule has 0 aliphatic carbocycles. The molecule has 2 rings (SSSR count). The van der Waals surface area contributed by atoms with E-state index in [4.69, 9.17) is 14.2 Å². The number of nitrogens with zero attached hydrogens (tertiary/aromatic N) is 2. The van der Waals surface area contributed by atoms with Crippen LogP contribution in [0.15, 0.2) is 54.0 Å². The predicted octanol–water partition coefficient (Wildman–Crippen LogP) is 3.98. The molecule has 0 aromatic heterocycles. The number of aliphatic imine (C=N–C) groups is 1. The summed E-state index contributed by atoms with van der Waals surface area (Å²) in [5.41, 5.74) is 1.55. The van der Waals surface area contributed by atoms with Crippen molar-refractivity contribution in [1.29, 1.82) is 0 Å². The summed E-state index contributed by atoms with van der Waals surface area (Å²) in [6.45, 7) is 4.52. The number of nitrogens with one attached hydrogen (secondary N) is 2. The number of rotatable bonds is 9. The Bertz CT molecular complexity index is 862. The third-order valence-corrected chi connectivity index (χ3v) is 3.91. The molecule has 0 radical (unpaired) electrons. The summed E-state index contributed by atoms with van der Waals surface area (Å²) in [5, 5.41) is 17.1. The fourth-order valence-electron chi connectivity index (χ4n) is 2.49. The maximum Gasteiger partial charge on any atom is 0.269 e. The SMILES string of the molecule is C=CCNC(=NCc1ccc([N+](=O)[O-])cc1)Nc1cc(OC)c(OC)c(OC)c1.I. The zero-order valence-corrected chi connectivity index (χ0v) is 19.3. The molecule has 0 heterocycles. The van der Waals surface area contributed by atoms with Gasteiger partial charge in [-0.3, -0.25) is 10.1 Å². The van der Waals surface area contributed by atoms with E-state index < -0.39 is 4.92 Å². The van der Waals surface area contributed by atoms with Crippen molar-refractivity contribution in [2.24, 2.45) is 4.99 Å². The molecule has 0 saturated heterocycles. The van der Waals surface area contributed by atoms with Crippen LogP contribution in [0.1, 0.15) is 5.56 Å². The molecule has 0 bridgehead atoms. The second-order valence-electron chi connectivity index (χ2n) is 5.80. The van der Waals surface area contributed by atoms with Gasteiger partial charge in [0, 0.05) is 36.5 Å². The molecule has 2 aromatic rings. The molecule has 0 amide bonds. The van der Waals surface area contributed by atoms with Gasteiger partial charge >= 0.3 is 0 Å². The van der Waals surface area contributed by atoms with Crippen molar-refractivity contribution in [3.63, 3.8) is 0 Å². The second kappa shape index (κ2) is 12.5. The summed E-state index contributed by atoms with van der Waals surface area (Å²) in [5.74, 6) is 2.00. The van der Waals surface area contributed by atoms with E-state index in [9.17, 15) is 10.1 Å². The van der Waals surface area contributed by atoms with Crippen LogP contribution in [0.4, 0.5) is 11.4 Å². The zero-order chi connectivity index (χ0) is 21.2. The minimum atomic E-state index is -0.434. The highest BCUT2D eigenvalue weighted by molar-refractivity contribution is 14.0. The van der Waals surface area contributed by atoms with Crippen LogP contribution < -0.4 is 24.8 Å². The van der Waals surface area contributed by atoms with Crippen molar-refractivity contribution in [1.82, 2.24) is 5.32 Å². The van der Waals surface area contributed by atoms with Gasteiger partial charge in [0.25, 0.3) is 5.69 Å². The lowest BCUT2D eigenvalue weighted by molar-refractivity contribution is -0.384. The number of nitro groups is 1. The largest absolute Gasteiger partial charge is 0.493 e. The molecule has 0 saturated carbocycles. The number of methoxy groups -OCH3 is 3. The maximum absolute atomic E-state index is 10.8. The van der Waals surface area contributed by atoms with Gasteiger partial charge in [0.05, 0.1) is 32.8 Å². The Hall–Kier alpha value is -3.02. The fraction of sp³-hybridized carbons (Fsp3) is 0.250. The molecule has 10 heteroatoms. The molecule has 0 fully saturated rings. The monoisotopic (exact) mass is 528 g/mol. The number of benzene rings is 2. The Morgan fingerprint density at radius 3 is 2.20 bits per heavy atom. The topological polar surface area (TPSA) is 107 Å². The molecule has 2 aromatic carbocycles. The molecule has 30 heavy (non-hydrogen) atoms. The summed E-state index contributed by atoms with van der Waals surface area (Å²) < 4.78 is 16.1. The van der Waals surface area contributed by atoms with Crippen molar-refractivity contribution in [2.75, 3.05) is 33.2 Å². The number of hydrogen-bond donors (Lipinski definition) is 2. The molecular weight excluding hydrogens is 503 g/mol. The van der Waals surface area contributed by atoms with Gasteiger partial charge in [-0.2, -0.15) is 0 Å². The molecule has 162 valence electrons. The lowest BCUT2D eigenvalue weighted by Gasteiger charge is -2.16. The molecule has 0 atom stereocenters. The number of halogens is 1. The number of hydrogen-bond acceptors (Lipinski definition) is 6. The maximum atomic E-state index is 10.8. The van der Waals surface area contributed by atoms with Crippen molar-refractivity contribution in [3.8, 4) is 17.2 Å². The Morgan fingerprint density at radius 1 is 1.13 bits per heavy atom. The molecule has 0 unspecified atom stereocenters. The van der Waals surface area contributed by atoms with E-state index >= 15 is 0 Å². The van der Waals surface area contributed by atoms with Crippen LogP contribution >= 0.6 is 24.0 Å². The van der Waals surface area contributed by atoms with E-state index in [0.717, 1.165) is 5.56 Å². The molecule has 0 spiro atoms. The molecular formula is C20H25IN4O5. The van der Waals surface area contributed by atoms with Gasteiger partial charge in [-0.05, 0) is 5.56 Å². The summed E-state index contributed by atoms with van der Waals surface area (Å²) >= 11 is 0. The normalized spacial score (nSPS) is 10.4. The van der Waals surface area contributed by atoms with Crippen molar-refractivity contribution >= 4 is 41.3 Å². The van der Waals surface area contributed by atoms with Crippen molar-refractivity contribution in [2.45, 2.75) is 6.54 Å². The standard InChI is InChI=1S/C20H24N4O5.HI/c1-5-10-21-20(22-13-14-6-8-16(9-7-14)24(25)26)23-15-11-17(27-2)19(29-4)18(12-15)28-3;/h5-9,11-12H,1,10,13H2,2-4H3,(H2,21,22,23);1H. The van der Waals surface area contributed by atoms with Crippen LogP contribution in [0.25, 0.3) is 0 Å². The van der Waals surface area contributed by atoms with Gasteiger partial charge in [-0.15, -0.1) is 30.6 Å². The fourth-order valence-corrected chi connectivity index (χ4v) is 2.49. The number of non-ortho nitro benzene ring substituents is 1. The lowest BCUT2D eigenvalue weighted by atomic mass is 10.2. The first-order valence-electron chi connectivity index (χ1n) is 8.72. The smallest absolute Gasteiger partial charge is 0.269 e. The van der Waals surface area contributed by atoms with Gasteiger partial charge in [0.1, 0.15) is 0 Å². The molecule has 0 aliphatic heterocycles. The summed E-state index contributed by atoms with van der Waals surface area (Å²) in [7, 11) is 4.62. The first-order valence-corrected chi connectivity index (χ1v) is 8.72. The number of nitro benzene ring substituents is 1. The third kappa shape index (κ3) is 6.79. The first-order chi connectivity index (χ1) is 14.0. The number of ether oxygens (including phenoxy) is 3. The zero-order valence-electron chi connectivity index (χ0n) is 17.0. The highest BCUT2D eigenvalue weighted by Gasteiger charge is 2.14. The second-order valence-corrected chi connectivity index (χ2v) is 5.80. The van der Waals surface area contributed by atoms with Gasteiger partial charge in [0.15, 0.2) is 17.5 Å². The minimum absolute atomic E-state index is 0. The van der Waals surface area contributed by atoms with Gasteiger partial charge in [0.2, 0.25) is 5.75 Å². The minimum Gasteiger partial charge on any atom is -0.493 e. The van der Waals surface area contributed by atoms with E-state index in [-0.39, 0.29) is 29.7 Å². The Morgan fingerprint density at radius 2 is 1.73 bits per heavy atom. The van der Waals surface area contributed by atoms with E-state index in [1.54, 1.807) is 44.6 Å². The molecule has 9 nitrogen and oxygen atoms in total. The average Bonchev–Trinajstić information content (AvgIpc) is 2.74. The van der Waals surface area contributed by atoms with Gasteiger partial charge in [-0.1, -0.05) is 18.2 Å². The van der Waals surface area contributed by atoms with Crippen LogP contribution in [0.2, 0.25) is 0 Å². The van der Waals surface area contributed by atoms with Gasteiger partial charge in [-0.25, -0.2) is 4.99 Å². The number of anilines is 1. The first kappa shape index (κ1) is 25.0. The quantitative estimate of drug-likeness (QED) is 0.127. The van der Waals surface area contributed by atoms with E-state index in [1.165, 1.54) is 19.2 Å². The van der Waals surface area contributed by atoms with E-state index in [1.807, 2.05) is 0 Å². The average molecular weight is 528 g/mol. The van der Waals surface area contributed by atoms with Crippen LogP contribution in [-0.2, 0) is 6.54 Å². The number of guanidine groups is 1. The Balaban J connectivity index is 0.00000450. The Labute approximate surface area is 192 Å². The molecule has 2 N–H and O–H groups in total. The van der Waals surface area contributed by atoms with Crippen molar-refractivity contribution < 1.29 is 19.1 Å². The summed E-state index contributed by atoms with van der Waals surface area (Å²) in [4.78, 5) is 14.9. The van der Waals surface area contributed by atoms with Crippen LogP contribution in [0.5, 0.6) is 17.2 Å². The predicted molar refractivity (Wildman–Crippen MR) is 128 cm³/mol. The van der Waals surface area contributed by atoms with Crippen LogP contribution in [0.3, 0.4) is 0 Å². The van der Waals surface area contributed by atoms with E-state index in [0.29, 0.717) is 42.0 Å². The molecule has 0 aliphatic rings. The third-order valence-electron chi connectivity index (χ3n) is 3.91. The Kier molecular flexibility index (Phi) is 10.4. The lowest BCUT2D eigenvalue weighted by Crippen LogP contribution is -2.31. The van der Waals surface area contributed by atoms with Crippen molar-refractivity contribution in [3.05, 3.63) is 64.7 Å². The highest BCUT2D eigenvalue weighted by atomic mass is 127. The van der Waals surface area contributed by atoms with E-state index in [2.05, 4.69) is 22.2 Å². The highest BCUT2D eigenvalue weighted by Crippen LogP contribution is 2.39.